The van der Waals surface area contributed by atoms with Gasteiger partial charge in [0, 0.05) is 11.1 Å². The molecule has 0 aliphatic carbocycles. The molecule has 0 bridgehead atoms. The standard InChI is InChI=1S/C18H18O2/c1-3-13-19-17-11-7-5-9-15(17)16-10-6-8-12-18(16)20-14-4-2/h3-12H,1-2,13-14H2. The third kappa shape index (κ3) is 3.29. The summed E-state index contributed by atoms with van der Waals surface area (Å²) < 4.78 is 11.4. The largest absolute Gasteiger partial charge is 0.489 e. The molecule has 0 unspecified atom stereocenters. The molecule has 0 aliphatic rings. The average molecular weight is 266 g/mol. The van der Waals surface area contributed by atoms with Crippen molar-refractivity contribution in [2.75, 3.05) is 13.2 Å². The molecule has 0 fully saturated rings. The molecule has 0 radical (unpaired) electrons. The fraction of sp³-hybridized carbons (Fsp3) is 0.111. The summed E-state index contributed by atoms with van der Waals surface area (Å²) in [6, 6.07) is 15.8. The highest BCUT2D eigenvalue weighted by Crippen LogP contribution is 2.36. The maximum absolute atomic E-state index is 5.71. The Balaban J connectivity index is 2.40. The summed E-state index contributed by atoms with van der Waals surface area (Å²) in [6.45, 7) is 8.31. The van der Waals surface area contributed by atoms with Gasteiger partial charge in [-0.05, 0) is 12.1 Å². The molecule has 2 aromatic carbocycles. The van der Waals surface area contributed by atoms with E-state index in [9.17, 15) is 0 Å². The molecule has 0 saturated heterocycles. The van der Waals surface area contributed by atoms with Gasteiger partial charge in [-0.3, -0.25) is 0 Å². The van der Waals surface area contributed by atoms with Crippen molar-refractivity contribution in [1.29, 1.82) is 0 Å². The first-order chi connectivity index (χ1) is 9.86. The molecule has 0 saturated carbocycles. The lowest BCUT2D eigenvalue weighted by Gasteiger charge is -2.14. The minimum absolute atomic E-state index is 0.479. The van der Waals surface area contributed by atoms with E-state index in [4.69, 9.17) is 9.47 Å². The molecule has 0 aliphatic heterocycles. The average Bonchev–Trinajstić information content (AvgIpc) is 2.51. The minimum atomic E-state index is 0.479. The van der Waals surface area contributed by atoms with Crippen LogP contribution >= 0.6 is 0 Å². The van der Waals surface area contributed by atoms with Crippen LogP contribution in [-0.4, -0.2) is 13.2 Å². The Bertz CT molecular complexity index is 534. The monoisotopic (exact) mass is 266 g/mol. The lowest BCUT2D eigenvalue weighted by molar-refractivity contribution is 0.359. The number of hydrogen-bond acceptors (Lipinski definition) is 2. The fourth-order valence-electron chi connectivity index (χ4n) is 1.93. The number of benzene rings is 2. The van der Waals surface area contributed by atoms with Crippen molar-refractivity contribution in [2.45, 2.75) is 0 Å². The molecule has 0 spiro atoms. The second-order valence-electron chi connectivity index (χ2n) is 4.19. The second kappa shape index (κ2) is 7.19. The van der Waals surface area contributed by atoms with E-state index in [0.717, 1.165) is 22.6 Å². The van der Waals surface area contributed by atoms with Gasteiger partial charge in [0.2, 0.25) is 0 Å². The quantitative estimate of drug-likeness (QED) is 0.688. The van der Waals surface area contributed by atoms with Gasteiger partial charge in [0.05, 0.1) is 0 Å². The van der Waals surface area contributed by atoms with Gasteiger partial charge in [-0.1, -0.05) is 61.7 Å². The molecule has 20 heavy (non-hydrogen) atoms. The summed E-state index contributed by atoms with van der Waals surface area (Å²) in [6.07, 6.45) is 3.47. The normalized spacial score (nSPS) is 9.80. The number of ether oxygens (including phenoxy) is 2. The van der Waals surface area contributed by atoms with E-state index in [1.165, 1.54) is 0 Å². The lowest BCUT2D eigenvalue weighted by Crippen LogP contribution is -1.98. The first-order valence-corrected chi connectivity index (χ1v) is 6.52. The van der Waals surface area contributed by atoms with Crippen LogP contribution in [0.2, 0.25) is 0 Å². The lowest BCUT2D eigenvalue weighted by atomic mass is 10.0. The van der Waals surface area contributed by atoms with Crippen molar-refractivity contribution < 1.29 is 9.47 Å². The summed E-state index contributed by atoms with van der Waals surface area (Å²) in [7, 11) is 0. The van der Waals surface area contributed by atoms with Crippen LogP contribution in [0.4, 0.5) is 0 Å². The molecule has 2 heteroatoms. The third-order valence-electron chi connectivity index (χ3n) is 2.78. The number of para-hydroxylation sites is 2. The predicted octanol–water partition coefficient (Wildman–Crippen LogP) is 4.48. The molecule has 0 aromatic heterocycles. The van der Waals surface area contributed by atoms with E-state index in [-0.39, 0.29) is 0 Å². The van der Waals surface area contributed by atoms with Gasteiger partial charge in [0.1, 0.15) is 24.7 Å². The highest BCUT2D eigenvalue weighted by molar-refractivity contribution is 5.75. The molecule has 0 atom stereocenters. The summed E-state index contributed by atoms with van der Waals surface area (Å²) in [5.74, 6) is 1.64. The van der Waals surface area contributed by atoms with Gasteiger partial charge in [-0.25, -0.2) is 0 Å². The Morgan fingerprint density at radius 3 is 1.50 bits per heavy atom. The van der Waals surface area contributed by atoms with E-state index in [1.54, 1.807) is 12.2 Å². The van der Waals surface area contributed by atoms with Crippen molar-refractivity contribution in [3.63, 3.8) is 0 Å². The smallest absolute Gasteiger partial charge is 0.127 e. The third-order valence-corrected chi connectivity index (χ3v) is 2.78. The van der Waals surface area contributed by atoms with E-state index < -0.39 is 0 Å². The van der Waals surface area contributed by atoms with E-state index in [0.29, 0.717) is 13.2 Å². The van der Waals surface area contributed by atoms with Crippen LogP contribution in [0.5, 0.6) is 11.5 Å². The Hall–Kier alpha value is -2.48. The van der Waals surface area contributed by atoms with E-state index in [2.05, 4.69) is 13.2 Å². The van der Waals surface area contributed by atoms with Crippen LogP contribution in [0.1, 0.15) is 0 Å². The van der Waals surface area contributed by atoms with Gasteiger partial charge >= 0.3 is 0 Å². The maximum Gasteiger partial charge on any atom is 0.127 e. The first kappa shape index (κ1) is 13.9. The highest BCUT2D eigenvalue weighted by atomic mass is 16.5. The zero-order valence-corrected chi connectivity index (χ0v) is 11.4. The van der Waals surface area contributed by atoms with E-state index >= 15 is 0 Å². The molecule has 0 amide bonds. The van der Waals surface area contributed by atoms with Crippen LogP contribution in [0.15, 0.2) is 73.8 Å². The first-order valence-electron chi connectivity index (χ1n) is 6.52. The molecular formula is C18H18O2. The molecule has 0 heterocycles. The molecule has 2 aromatic rings. The van der Waals surface area contributed by atoms with Crippen LogP contribution in [0.25, 0.3) is 11.1 Å². The molecule has 0 N–H and O–H groups in total. The summed E-state index contributed by atoms with van der Waals surface area (Å²) in [5.41, 5.74) is 2.02. The number of hydrogen-bond donors (Lipinski definition) is 0. The van der Waals surface area contributed by atoms with E-state index in [1.807, 2.05) is 48.5 Å². The Morgan fingerprint density at radius 1 is 0.700 bits per heavy atom. The number of rotatable bonds is 7. The predicted molar refractivity (Wildman–Crippen MR) is 83.3 cm³/mol. The van der Waals surface area contributed by atoms with Crippen LogP contribution in [0.3, 0.4) is 0 Å². The molecule has 2 rings (SSSR count). The zero-order chi connectivity index (χ0) is 14.2. The molecule has 2 nitrogen and oxygen atoms in total. The van der Waals surface area contributed by atoms with Crippen molar-refractivity contribution in [2.24, 2.45) is 0 Å². The second-order valence-corrected chi connectivity index (χ2v) is 4.19. The van der Waals surface area contributed by atoms with Crippen molar-refractivity contribution >= 4 is 0 Å². The Labute approximate surface area is 120 Å². The Kier molecular flexibility index (Phi) is 5.01. The molecule has 102 valence electrons. The molecular weight excluding hydrogens is 248 g/mol. The minimum Gasteiger partial charge on any atom is -0.489 e. The van der Waals surface area contributed by atoms with Gasteiger partial charge in [-0.2, -0.15) is 0 Å². The van der Waals surface area contributed by atoms with Gasteiger partial charge in [0.15, 0.2) is 0 Å². The topological polar surface area (TPSA) is 18.5 Å². The zero-order valence-electron chi connectivity index (χ0n) is 11.4. The fourth-order valence-corrected chi connectivity index (χ4v) is 1.93. The summed E-state index contributed by atoms with van der Waals surface area (Å²) in [5, 5.41) is 0. The van der Waals surface area contributed by atoms with Crippen LogP contribution in [-0.2, 0) is 0 Å². The van der Waals surface area contributed by atoms with Gasteiger partial charge in [0.25, 0.3) is 0 Å². The summed E-state index contributed by atoms with van der Waals surface area (Å²) in [4.78, 5) is 0. The highest BCUT2D eigenvalue weighted by Gasteiger charge is 2.10. The SMILES string of the molecule is C=CCOc1ccccc1-c1ccccc1OCC=C. The van der Waals surface area contributed by atoms with Crippen molar-refractivity contribution in [1.82, 2.24) is 0 Å². The summed E-state index contributed by atoms with van der Waals surface area (Å²) >= 11 is 0. The van der Waals surface area contributed by atoms with Crippen LogP contribution < -0.4 is 9.47 Å². The van der Waals surface area contributed by atoms with Gasteiger partial charge < -0.3 is 9.47 Å². The Morgan fingerprint density at radius 2 is 1.10 bits per heavy atom. The maximum atomic E-state index is 5.71. The van der Waals surface area contributed by atoms with Crippen molar-refractivity contribution in [3.05, 3.63) is 73.8 Å². The van der Waals surface area contributed by atoms with Gasteiger partial charge in [-0.15, -0.1) is 0 Å². The van der Waals surface area contributed by atoms with Crippen molar-refractivity contribution in [3.8, 4) is 22.6 Å². The van der Waals surface area contributed by atoms with Crippen LogP contribution in [0, 0.1) is 0 Å².